The van der Waals surface area contributed by atoms with Crippen molar-refractivity contribution >= 4 is 5.91 Å². The van der Waals surface area contributed by atoms with Gasteiger partial charge in [0.2, 0.25) is 5.91 Å². The average molecular weight is 180 g/mol. The summed E-state index contributed by atoms with van der Waals surface area (Å²) < 4.78 is 1.89. The Labute approximate surface area is 76.2 Å². The average Bonchev–Trinajstić information content (AvgIpc) is 2.46. The molecule has 70 valence electrons. The summed E-state index contributed by atoms with van der Waals surface area (Å²) in [5, 5.41) is 10.8. The van der Waals surface area contributed by atoms with Gasteiger partial charge in [0.1, 0.15) is 12.4 Å². The summed E-state index contributed by atoms with van der Waals surface area (Å²) in [5.41, 5.74) is 0. The van der Waals surface area contributed by atoms with Crippen LogP contribution in [0.4, 0.5) is 0 Å². The third-order valence-electron chi connectivity index (χ3n) is 2.12. The van der Waals surface area contributed by atoms with Crippen LogP contribution in [0.25, 0.3) is 0 Å². The Hall–Kier alpha value is -1.39. The fraction of sp³-hybridized carbons (Fsp3) is 0.625. The molecule has 0 spiro atoms. The van der Waals surface area contributed by atoms with Gasteiger partial charge in [0.05, 0.1) is 6.54 Å². The van der Waals surface area contributed by atoms with Crippen molar-refractivity contribution in [3.8, 4) is 0 Å². The summed E-state index contributed by atoms with van der Waals surface area (Å²) in [6.07, 6.45) is 0. The largest absolute Gasteiger partial charge is 0.347 e. The Bertz CT molecular complexity index is 342. The Kier molecular flexibility index (Phi) is 1.79. The van der Waals surface area contributed by atoms with Crippen molar-refractivity contribution in [1.29, 1.82) is 0 Å². The number of carbonyl (C=O) groups is 1. The number of carbonyl (C=O) groups excluding carboxylic acids is 1. The molecule has 1 aliphatic rings. The molecule has 5 nitrogen and oxygen atoms in total. The summed E-state index contributed by atoms with van der Waals surface area (Å²) in [4.78, 5) is 11.1. The van der Waals surface area contributed by atoms with Crippen molar-refractivity contribution in [2.24, 2.45) is 0 Å². The third-order valence-corrected chi connectivity index (χ3v) is 2.12. The maximum Gasteiger partial charge on any atom is 0.240 e. The normalized spacial score (nSPS) is 15.8. The lowest BCUT2D eigenvalue weighted by atomic mass is 10.2. The molecule has 2 heterocycles. The van der Waals surface area contributed by atoms with Gasteiger partial charge in [-0.15, -0.1) is 10.2 Å². The second-order valence-corrected chi connectivity index (χ2v) is 3.49. The SMILES string of the molecule is CC(C)c1nnc2n1CC(=O)NC2. The molecule has 1 aromatic rings. The van der Waals surface area contributed by atoms with E-state index in [0.29, 0.717) is 19.0 Å². The van der Waals surface area contributed by atoms with Crippen LogP contribution in [-0.2, 0) is 17.9 Å². The van der Waals surface area contributed by atoms with E-state index in [1.807, 2.05) is 18.4 Å². The predicted octanol–water partition coefficient (Wildman–Crippen LogP) is 0.0313. The second kappa shape index (κ2) is 2.83. The maximum absolute atomic E-state index is 11.1. The molecule has 1 aliphatic heterocycles. The number of amides is 1. The van der Waals surface area contributed by atoms with E-state index in [4.69, 9.17) is 0 Å². The van der Waals surface area contributed by atoms with Gasteiger partial charge in [0.15, 0.2) is 5.82 Å². The van der Waals surface area contributed by atoms with E-state index < -0.39 is 0 Å². The molecule has 0 saturated heterocycles. The lowest BCUT2D eigenvalue weighted by molar-refractivity contribution is -0.122. The van der Waals surface area contributed by atoms with Gasteiger partial charge in [-0.25, -0.2) is 0 Å². The minimum absolute atomic E-state index is 0.0363. The zero-order valence-corrected chi connectivity index (χ0v) is 7.74. The first-order valence-electron chi connectivity index (χ1n) is 4.37. The lowest BCUT2D eigenvalue weighted by Crippen LogP contribution is -2.35. The monoisotopic (exact) mass is 180 g/mol. The van der Waals surface area contributed by atoms with E-state index >= 15 is 0 Å². The lowest BCUT2D eigenvalue weighted by Gasteiger charge is -2.16. The first-order valence-corrected chi connectivity index (χ1v) is 4.37. The van der Waals surface area contributed by atoms with Gasteiger partial charge in [-0.3, -0.25) is 4.79 Å². The van der Waals surface area contributed by atoms with E-state index in [1.54, 1.807) is 0 Å². The first-order chi connectivity index (χ1) is 6.18. The minimum atomic E-state index is 0.0363. The van der Waals surface area contributed by atoms with E-state index in [2.05, 4.69) is 15.5 Å². The van der Waals surface area contributed by atoms with Gasteiger partial charge < -0.3 is 9.88 Å². The molecule has 0 aliphatic carbocycles. The molecule has 0 fully saturated rings. The minimum Gasteiger partial charge on any atom is -0.347 e. The second-order valence-electron chi connectivity index (χ2n) is 3.49. The van der Waals surface area contributed by atoms with E-state index in [-0.39, 0.29) is 5.91 Å². The summed E-state index contributed by atoms with van der Waals surface area (Å²) in [6, 6.07) is 0. The smallest absolute Gasteiger partial charge is 0.240 e. The molecule has 0 unspecified atom stereocenters. The number of hydrogen-bond donors (Lipinski definition) is 1. The van der Waals surface area contributed by atoms with E-state index in [0.717, 1.165) is 11.6 Å². The molecule has 0 bridgehead atoms. The van der Waals surface area contributed by atoms with Crippen molar-refractivity contribution in [2.75, 3.05) is 0 Å². The van der Waals surface area contributed by atoms with Crippen LogP contribution in [-0.4, -0.2) is 20.7 Å². The highest BCUT2D eigenvalue weighted by molar-refractivity contribution is 5.76. The van der Waals surface area contributed by atoms with Crippen LogP contribution < -0.4 is 5.32 Å². The Morgan fingerprint density at radius 2 is 2.23 bits per heavy atom. The summed E-state index contributed by atoms with van der Waals surface area (Å²) in [5.74, 6) is 2.09. The molecule has 0 atom stereocenters. The van der Waals surface area contributed by atoms with Crippen LogP contribution >= 0.6 is 0 Å². The Morgan fingerprint density at radius 3 is 2.92 bits per heavy atom. The molecule has 1 aromatic heterocycles. The molecular formula is C8H12N4O. The number of nitrogens with zero attached hydrogens (tertiary/aromatic N) is 3. The van der Waals surface area contributed by atoms with Gasteiger partial charge >= 0.3 is 0 Å². The molecule has 1 amide bonds. The quantitative estimate of drug-likeness (QED) is 0.663. The molecule has 2 rings (SSSR count). The summed E-state index contributed by atoms with van der Waals surface area (Å²) in [6.45, 7) is 4.95. The van der Waals surface area contributed by atoms with Crippen LogP contribution in [0.3, 0.4) is 0 Å². The number of rotatable bonds is 1. The molecular weight excluding hydrogens is 168 g/mol. The predicted molar refractivity (Wildman–Crippen MR) is 46.0 cm³/mol. The third kappa shape index (κ3) is 1.30. The fourth-order valence-corrected chi connectivity index (χ4v) is 1.46. The van der Waals surface area contributed by atoms with Gasteiger partial charge in [0.25, 0.3) is 0 Å². The van der Waals surface area contributed by atoms with Gasteiger partial charge in [0, 0.05) is 5.92 Å². The molecule has 5 heteroatoms. The zero-order valence-electron chi connectivity index (χ0n) is 7.74. The Balaban J connectivity index is 2.41. The number of hydrogen-bond acceptors (Lipinski definition) is 3. The van der Waals surface area contributed by atoms with Crippen LogP contribution in [0, 0.1) is 0 Å². The van der Waals surface area contributed by atoms with Crippen molar-refractivity contribution in [2.45, 2.75) is 32.9 Å². The van der Waals surface area contributed by atoms with Crippen LogP contribution in [0.1, 0.15) is 31.4 Å². The topological polar surface area (TPSA) is 59.8 Å². The molecule has 0 aromatic carbocycles. The molecule has 0 radical (unpaired) electrons. The van der Waals surface area contributed by atoms with Crippen molar-refractivity contribution < 1.29 is 4.79 Å². The van der Waals surface area contributed by atoms with Crippen molar-refractivity contribution in [3.05, 3.63) is 11.6 Å². The maximum atomic E-state index is 11.1. The Morgan fingerprint density at radius 1 is 1.46 bits per heavy atom. The highest BCUT2D eigenvalue weighted by atomic mass is 16.2. The van der Waals surface area contributed by atoms with E-state index in [1.165, 1.54) is 0 Å². The number of fused-ring (bicyclic) bond motifs is 1. The summed E-state index contributed by atoms with van der Waals surface area (Å²) >= 11 is 0. The summed E-state index contributed by atoms with van der Waals surface area (Å²) in [7, 11) is 0. The van der Waals surface area contributed by atoms with E-state index in [9.17, 15) is 4.79 Å². The van der Waals surface area contributed by atoms with Crippen molar-refractivity contribution in [3.63, 3.8) is 0 Å². The molecule has 13 heavy (non-hydrogen) atoms. The standard InChI is InChI=1S/C8H12N4O/c1-5(2)8-11-10-6-3-9-7(13)4-12(6)8/h5H,3-4H2,1-2H3,(H,9,13). The van der Waals surface area contributed by atoms with Crippen LogP contribution in [0.15, 0.2) is 0 Å². The highest BCUT2D eigenvalue weighted by Crippen LogP contribution is 2.14. The van der Waals surface area contributed by atoms with Gasteiger partial charge in [-0.05, 0) is 0 Å². The molecule has 1 N–H and O–H groups in total. The fourth-order valence-electron chi connectivity index (χ4n) is 1.46. The van der Waals surface area contributed by atoms with Crippen molar-refractivity contribution in [1.82, 2.24) is 20.1 Å². The highest BCUT2D eigenvalue weighted by Gasteiger charge is 2.20. The van der Waals surface area contributed by atoms with Crippen LogP contribution in [0.5, 0.6) is 0 Å². The zero-order chi connectivity index (χ0) is 9.42. The molecule has 0 saturated carbocycles. The number of nitrogens with one attached hydrogen (secondary N) is 1. The first kappa shape index (κ1) is 8.22. The van der Waals surface area contributed by atoms with Crippen LogP contribution in [0.2, 0.25) is 0 Å². The van der Waals surface area contributed by atoms with Gasteiger partial charge in [-0.1, -0.05) is 13.8 Å². The van der Waals surface area contributed by atoms with Gasteiger partial charge in [-0.2, -0.15) is 0 Å². The number of aromatic nitrogens is 3.